The lowest BCUT2D eigenvalue weighted by atomic mass is 10.2. The standard InChI is InChI=1S/C15H20N2O7S/c1-23-8-7-16(12-6-9-25(21,22)11-12)15(18)10-24-14-5-3-2-4-13(14)17(19)20/h2-5,12H,6-11H2,1H3/t12-/m1/s1. The van der Waals surface area contributed by atoms with Crippen molar-refractivity contribution in [3.05, 3.63) is 34.4 Å². The third-order valence-corrected chi connectivity index (χ3v) is 5.67. The highest BCUT2D eigenvalue weighted by Crippen LogP contribution is 2.26. The molecule has 0 N–H and O–H groups in total. The number of carbonyl (C=O) groups excluding carboxylic acids is 1. The van der Waals surface area contributed by atoms with Gasteiger partial charge in [-0.15, -0.1) is 0 Å². The largest absolute Gasteiger partial charge is 0.477 e. The van der Waals surface area contributed by atoms with Crippen LogP contribution in [-0.4, -0.2) is 68.6 Å². The van der Waals surface area contributed by atoms with E-state index in [9.17, 15) is 23.3 Å². The van der Waals surface area contributed by atoms with Gasteiger partial charge in [0.1, 0.15) is 0 Å². The van der Waals surface area contributed by atoms with Gasteiger partial charge >= 0.3 is 5.69 Å². The summed E-state index contributed by atoms with van der Waals surface area (Å²) in [6.45, 7) is 0.0780. The number of nitro groups is 1. The fraction of sp³-hybridized carbons (Fsp3) is 0.533. The average Bonchev–Trinajstić information content (AvgIpc) is 2.93. The normalized spacial score (nSPS) is 18.7. The van der Waals surface area contributed by atoms with Gasteiger partial charge in [0, 0.05) is 25.8 Å². The lowest BCUT2D eigenvalue weighted by Crippen LogP contribution is -2.45. The summed E-state index contributed by atoms with van der Waals surface area (Å²) in [5.74, 6) is -0.489. The van der Waals surface area contributed by atoms with E-state index in [0.29, 0.717) is 6.42 Å². The van der Waals surface area contributed by atoms with E-state index in [1.165, 1.54) is 30.2 Å². The third-order valence-electron chi connectivity index (χ3n) is 3.92. The Morgan fingerprint density at radius 2 is 2.12 bits per heavy atom. The first-order valence-electron chi connectivity index (χ1n) is 7.69. The van der Waals surface area contributed by atoms with Gasteiger partial charge in [0.05, 0.1) is 23.0 Å². The Kier molecular flexibility index (Phi) is 6.32. The van der Waals surface area contributed by atoms with Crippen LogP contribution in [0.4, 0.5) is 5.69 Å². The lowest BCUT2D eigenvalue weighted by molar-refractivity contribution is -0.385. The number of sulfone groups is 1. The second-order valence-corrected chi connectivity index (χ2v) is 7.88. The van der Waals surface area contributed by atoms with Crippen LogP contribution >= 0.6 is 0 Å². The van der Waals surface area contributed by atoms with Gasteiger partial charge in [-0.1, -0.05) is 12.1 Å². The summed E-state index contributed by atoms with van der Waals surface area (Å²) in [7, 11) is -1.66. The zero-order valence-corrected chi connectivity index (χ0v) is 14.6. The topological polar surface area (TPSA) is 116 Å². The van der Waals surface area contributed by atoms with Crippen molar-refractivity contribution in [1.82, 2.24) is 4.90 Å². The Bertz CT molecular complexity index is 735. The van der Waals surface area contributed by atoms with Gasteiger partial charge in [-0.3, -0.25) is 14.9 Å². The highest BCUT2D eigenvalue weighted by molar-refractivity contribution is 7.91. The zero-order valence-electron chi connectivity index (χ0n) is 13.8. The highest BCUT2D eigenvalue weighted by Gasteiger charge is 2.34. The molecule has 10 heteroatoms. The molecule has 0 aliphatic carbocycles. The maximum Gasteiger partial charge on any atom is 0.310 e. The Hall–Kier alpha value is -2.20. The molecule has 1 aromatic rings. The van der Waals surface area contributed by atoms with Crippen LogP contribution in [0.3, 0.4) is 0 Å². The number of nitrogens with zero attached hydrogens (tertiary/aromatic N) is 2. The second kappa shape index (κ2) is 8.26. The first-order chi connectivity index (χ1) is 11.8. The molecule has 2 rings (SSSR count). The smallest absolute Gasteiger partial charge is 0.310 e. The number of benzene rings is 1. The van der Waals surface area contributed by atoms with Gasteiger partial charge in [-0.05, 0) is 12.5 Å². The Labute approximate surface area is 145 Å². The Morgan fingerprint density at radius 3 is 2.72 bits per heavy atom. The molecule has 1 atom stereocenters. The molecule has 9 nitrogen and oxygen atoms in total. The number of nitro benzene ring substituents is 1. The number of hydrogen-bond donors (Lipinski definition) is 0. The van der Waals surface area contributed by atoms with Gasteiger partial charge in [-0.2, -0.15) is 0 Å². The number of para-hydroxylation sites is 2. The van der Waals surface area contributed by atoms with Gasteiger partial charge in [0.25, 0.3) is 5.91 Å². The molecule has 0 aromatic heterocycles. The molecule has 138 valence electrons. The molecule has 0 spiro atoms. The summed E-state index contributed by atoms with van der Waals surface area (Å²) in [5, 5.41) is 11.0. The SMILES string of the molecule is COCCN(C(=O)COc1ccccc1[N+](=O)[O-])[C@@H]1CCS(=O)(=O)C1. The van der Waals surface area contributed by atoms with Gasteiger partial charge < -0.3 is 14.4 Å². The first-order valence-corrected chi connectivity index (χ1v) is 9.51. The summed E-state index contributed by atoms with van der Waals surface area (Å²) in [6, 6.07) is 5.33. The second-order valence-electron chi connectivity index (χ2n) is 5.65. The van der Waals surface area contributed by atoms with Crippen molar-refractivity contribution in [1.29, 1.82) is 0 Å². The molecule has 0 radical (unpaired) electrons. The lowest BCUT2D eigenvalue weighted by Gasteiger charge is -2.28. The van der Waals surface area contributed by atoms with E-state index in [2.05, 4.69) is 0 Å². The van der Waals surface area contributed by atoms with Crippen molar-refractivity contribution < 1.29 is 27.6 Å². The molecule has 1 fully saturated rings. The van der Waals surface area contributed by atoms with Gasteiger partial charge in [0.2, 0.25) is 0 Å². The van der Waals surface area contributed by atoms with E-state index in [1.807, 2.05) is 0 Å². The first kappa shape index (κ1) is 19.1. The molecule has 1 amide bonds. The van der Waals surface area contributed by atoms with E-state index in [-0.39, 0.29) is 36.1 Å². The summed E-state index contributed by atoms with van der Waals surface area (Å²) in [5.41, 5.74) is -0.234. The van der Waals surface area contributed by atoms with Crippen LogP contribution in [0, 0.1) is 10.1 Å². The number of amides is 1. The van der Waals surface area contributed by atoms with Crippen LogP contribution in [0.25, 0.3) is 0 Å². The molecule has 1 heterocycles. The van der Waals surface area contributed by atoms with Crippen LogP contribution < -0.4 is 4.74 Å². The number of rotatable bonds is 8. The maximum atomic E-state index is 12.5. The summed E-state index contributed by atoms with van der Waals surface area (Å²) >= 11 is 0. The average molecular weight is 372 g/mol. The maximum absolute atomic E-state index is 12.5. The van der Waals surface area contributed by atoms with Crippen molar-refractivity contribution >= 4 is 21.4 Å². The van der Waals surface area contributed by atoms with Crippen LogP contribution in [0.1, 0.15) is 6.42 Å². The Balaban J connectivity index is 2.06. The number of hydrogen-bond acceptors (Lipinski definition) is 7. The molecule has 1 aliphatic rings. The molecule has 0 unspecified atom stereocenters. The zero-order chi connectivity index (χ0) is 18.4. The van der Waals surface area contributed by atoms with Gasteiger partial charge in [0.15, 0.2) is 22.2 Å². The van der Waals surface area contributed by atoms with Crippen LogP contribution in [0.2, 0.25) is 0 Å². The van der Waals surface area contributed by atoms with E-state index < -0.39 is 33.3 Å². The van der Waals surface area contributed by atoms with Crippen molar-refractivity contribution in [2.45, 2.75) is 12.5 Å². The van der Waals surface area contributed by atoms with E-state index in [4.69, 9.17) is 9.47 Å². The van der Waals surface area contributed by atoms with E-state index >= 15 is 0 Å². The molecular weight excluding hydrogens is 352 g/mol. The molecule has 1 saturated heterocycles. The predicted molar refractivity (Wildman–Crippen MR) is 89.2 cm³/mol. The minimum Gasteiger partial charge on any atom is -0.477 e. The minimum atomic E-state index is -3.15. The molecule has 1 aliphatic heterocycles. The quantitative estimate of drug-likeness (QED) is 0.485. The van der Waals surface area contributed by atoms with Crippen LogP contribution in [-0.2, 0) is 19.4 Å². The third kappa shape index (κ3) is 5.13. The minimum absolute atomic E-state index is 0.00779. The van der Waals surface area contributed by atoms with Gasteiger partial charge in [-0.25, -0.2) is 8.42 Å². The molecule has 0 saturated carbocycles. The van der Waals surface area contributed by atoms with Crippen molar-refractivity contribution in [2.75, 3.05) is 38.4 Å². The van der Waals surface area contributed by atoms with Crippen LogP contribution in [0.15, 0.2) is 24.3 Å². The summed E-state index contributed by atoms with van der Waals surface area (Å²) in [6.07, 6.45) is 0.364. The number of carbonyl (C=O) groups is 1. The summed E-state index contributed by atoms with van der Waals surface area (Å²) < 4.78 is 33.6. The van der Waals surface area contributed by atoms with Crippen LogP contribution in [0.5, 0.6) is 5.75 Å². The molecular formula is C15H20N2O7S. The number of methoxy groups -OCH3 is 1. The summed E-state index contributed by atoms with van der Waals surface area (Å²) in [4.78, 5) is 24.3. The molecule has 25 heavy (non-hydrogen) atoms. The van der Waals surface area contributed by atoms with Crippen molar-refractivity contribution in [3.8, 4) is 5.75 Å². The highest BCUT2D eigenvalue weighted by atomic mass is 32.2. The van der Waals surface area contributed by atoms with Crippen molar-refractivity contribution in [2.24, 2.45) is 0 Å². The Morgan fingerprint density at radius 1 is 1.40 bits per heavy atom. The fourth-order valence-corrected chi connectivity index (χ4v) is 4.40. The van der Waals surface area contributed by atoms with E-state index in [1.54, 1.807) is 6.07 Å². The van der Waals surface area contributed by atoms with Crippen molar-refractivity contribution in [3.63, 3.8) is 0 Å². The van der Waals surface area contributed by atoms with E-state index in [0.717, 1.165) is 0 Å². The number of ether oxygens (including phenoxy) is 2. The molecule has 1 aromatic carbocycles. The molecule has 0 bridgehead atoms. The fourth-order valence-electron chi connectivity index (χ4n) is 2.67. The monoisotopic (exact) mass is 372 g/mol. The predicted octanol–water partition coefficient (Wildman–Crippen LogP) is 0.636.